The van der Waals surface area contributed by atoms with Gasteiger partial charge in [-0.05, 0) is 0 Å². The number of rotatable bonds is 4. The lowest BCUT2D eigenvalue weighted by atomic mass is 10.0. The van der Waals surface area contributed by atoms with E-state index < -0.39 is 18.0 Å². The molecule has 0 aromatic carbocycles. The maximum Gasteiger partial charge on any atom is 0.352 e. The molecule has 1 amide bonds. The molecule has 1 N–H and O–H groups in total. The molecule has 0 saturated carbocycles. The molecule has 0 radical (unpaired) electrons. The van der Waals surface area contributed by atoms with Gasteiger partial charge in [0.1, 0.15) is 5.70 Å². The molecular weight excluding hydrogens is 290 g/mol. The summed E-state index contributed by atoms with van der Waals surface area (Å²) in [4.78, 5) is 35.1. The van der Waals surface area contributed by atoms with Crippen LogP contribution in [0.2, 0.25) is 0 Å². The van der Waals surface area contributed by atoms with Crippen LogP contribution >= 0.6 is 24.0 Å². The van der Waals surface area contributed by atoms with Crippen molar-refractivity contribution in [2.75, 3.05) is 5.75 Å². The van der Waals surface area contributed by atoms with E-state index in [0.717, 1.165) is 0 Å². The zero-order chi connectivity index (χ0) is 14.2. The van der Waals surface area contributed by atoms with Crippen LogP contribution in [-0.2, 0) is 19.1 Å². The highest BCUT2D eigenvalue weighted by atomic mass is 32.2. The Balaban J connectivity index is 2.40. The first-order valence-electron chi connectivity index (χ1n) is 5.48. The predicted octanol–water partition coefficient (Wildman–Crippen LogP) is 0.562. The molecule has 2 heterocycles. The van der Waals surface area contributed by atoms with Gasteiger partial charge < -0.3 is 9.84 Å². The van der Waals surface area contributed by atoms with Crippen LogP contribution in [0.5, 0.6) is 0 Å². The Morgan fingerprint density at radius 1 is 1.63 bits per heavy atom. The molecule has 2 aliphatic heterocycles. The van der Waals surface area contributed by atoms with Crippen LogP contribution in [0.1, 0.15) is 13.3 Å². The fourth-order valence-electron chi connectivity index (χ4n) is 2.02. The van der Waals surface area contributed by atoms with Gasteiger partial charge in [-0.25, -0.2) is 4.79 Å². The lowest BCUT2D eigenvalue weighted by Gasteiger charge is -2.44. The summed E-state index contributed by atoms with van der Waals surface area (Å²) in [6.07, 6.45) is -0.551. The third kappa shape index (κ3) is 2.50. The van der Waals surface area contributed by atoms with Crippen molar-refractivity contribution in [3.63, 3.8) is 0 Å². The van der Waals surface area contributed by atoms with E-state index in [1.54, 1.807) is 0 Å². The fraction of sp³-hybridized carbons (Fsp3) is 0.455. The average molecular weight is 301 g/mol. The van der Waals surface area contributed by atoms with E-state index >= 15 is 0 Å². The number of hydrogen-bond donors (Lipinski definition) is 1. The quantitative estimate of drug-likeness (QED) is 0.461. The number of amides is 1. The normalized spacial score (nSPS) is 23.3. The summed E-state index contributed by atoms with van der Waals surface area (Å²) in [6, 6.07) is 0. The second-order valence-corrected chi connectivity index (χ2v) is 5.52. The number of thiocarbonyl (C=S) groups is 1. The number of carbonyl (C=O) groups is 3. The van der Waals surface area contributed by atoms with E-state index in [9.17, 15) is 19.5 Å². The van der Waals surface area contributed by atoms with Crippen LogP contribution in [0.15, 0.2) is 11.3 Å². The van der Waals surface area contributed by atoms with Gasteiger partial charge in [-0.1, -0.05) is 12.2 Å². The van der Waals surface area contributed by atoms with Crippen molar-refractivity contribution in [1.29, 1.82) is 0 Å². The van der Waals surface area contributed by atoms with Gasteiger partial charge in [0.15, 0.2) is 6.10 Å². The van der Waals surface area contributed by atoms with Crippen molar-refractivity contribution in [2.45, 2.75) is 24.8 Å². The third-order valence-electron chi connectivity index (χ3n) is 2.84. The first-order valence-corrected chi connectivity index (χ1v) is 7.00. The monoisotopic (exact) mass is 301 g/mol. The number of fused-ring (bicyclic) bond motifs is 1. The molecule has 1 fully saturated rings. The maximum absolute atomic E-state index is 11.5. The van der Waals surface area contributed by atoms with Gasteiger partial charge in [0.2, 0.25) is 5.91 Å². The van der Waals surface area contributed by atoms with Crippen molar-refractivity contribution in [3.05, 3.63) is 11.3 Å². The predicted molar refractivity (Wildman–Crippen MR) is 71.6 cm³/mol. The summed E-state index contributed by atoms with van der Waals surface area (Å²) in [7, 11) is 0. The molecule has 0 bridgehead atoms. The minimum Gasteiger partial charge on any atom is -0.477 e. The maximum atomic E-state index is 11.5. The molecule has 102 valence electrons. The van der Waals surface area contributed by atoms with E-state index in [2.05, 4.69) is 0 Å². The van der Waals surface area contributed by atoms with Crippen LogP contribution < -0.4 is 0 Å². The van der Waals surface area contributed by atoms with E-state index in [1.165, 1.54) is 29.0 Å². The van der Waals surface area contributed by atoms with Gasteiger partial charge in [0.05, 0.1) is 11.8 Å². The Morgan fingerprint density at radius 3 is 2.79 bits per heavy atom. The Labute approximate surface area is 118 Å². The summed E-state index contributed by atoms with van der Waals surface area (Å²) in [5, 5.41) is 10.3. The van der Waals surface area contributed by atoms with Crippen LogP contribution in [0, 0.1) is 0 Å². The number of esters is 1. The number of carbonyl (C=O) groups excluding carboxylic acids is 2. The zero-order valence-corrected chi connectivity index (χ0v) is 11.6. The molecule has 2 rings (SSSR count). The first kappa shape index (κ1) is 14.0. The first-order chi connectivity index (χ1) is 8.95. The number of carboxylic acids is 1. The van der Waals surface area contributed by atoms with Gasteiger partial charge in [-0.2, -0.15) is 0 Å². The van der Waals surface area contributed by atoms with Crippen molar-refractivity contribution in [3.8, 4) is 0 Å². The van der Waals surface area contributed by atoms with Crippen molar-refractivity contribution in [2.24, 2.45) is 0 Å². The highest BCUT2D eigenvalue weighted by Crippen LogP contribution is 2.40. The molecule has 1 saturated heterocycles. The molecule has 0 aromatic rings. The topological polar surface area (TPSA) is 83.9 Å². The second-order valence-electron chi connectivity index (χ2n) is 4.08. The van der Waals surface area contributed by atoms with Gasteiger partial charge in [-0.3, -0.25) is 14.5 Å². The molecule has 1 unspecified atom stereocenters. The minimum absolute atomic E-state index is 0.104. The molecule has 0 aromatic heterocycles. The molecule has 2 atom stereocenters. The lowest BCUT2D eigenvalue weighted by Crippen LogP contribution is -2.54. The van der Waals surface area contributed by atoms with Crippen LogP contribution in [0.4, 0.5) is 0 Å². The van der Waals surface area contributed by atoms with Gasteiger partial charge in [-0.15, -0.1) is 11.8 Å². The smallest absolute Gasteiger partial charge is 0.352 e. The van der Waals surface area contributed by atoms with E-state index in [-0.39, 0.29) is 17.0 Å². The minimum atomic E-state index is -1.21. The Bertz CT molecular complexity index is 501. The second kappa shape index (κ2) is 5.30. The van der Waals surface area contributed by atoms with Crippen LogP contribution in [0.3, 0.4) is 0 Å². The number of nitrogens with zero attached hydrogens (tertiary/aromatic N) is 1. The van der Waals surface area contributed by atoms with Gasteiger partial charge >= 0.3 is 11.9 Å². The molecule has 2 aliphatic rings. The summed E-state index contributed by atoms with van der Waals surface area (Å²) < 4.78 is 4.99. The molecule has 0 aliphatic carbocycles. The number of aliphatic carboxylic acids is 1. The van der Waals surface area contributed by atoms with E-state index in [0.29, 0.717) is 17.7 Å². The summed E-state index contributed by atoms with van der Waals surface area (Å²) in [6.45, 7) is 1.22. The number of thioether (sulfide) groups is 1. The fourth-order valence-corrected chi connectivity index (χ4v) is 3.54. The lowest BCUT2D eigenvalue weighted by molar-refractivity contribution is -0.146. The van der Waals surface area contributed by atoms with Crippen molar-refractivity contribution >= 4 is 47.2 Å². The summed E-state index contributed by atoms with van der Waals surface area (Å²) in [5.41, 5.74) is 0.249. The molecule has 0 spiro atoms. The third-order valence-corrected chi connectivity index (χ3v) is 4.33. The highest BCUT2D eigenvalue weighted by molar-refractivity contribution is 8.00. The highest BCUT2D eigenvalue weighted by Gasteiger charge is 2.46. The molecule has 6 nitrogen and oxygen atoms in total. The number of ether oxygens (including phenoxy) is 1. The largest absolute Gasteiger partial charge is 0.477 e. The van der Waals surface area contributed by atoms with Crippen molar-refractivity contribution < 1.29 is 24.2 Å². The number of hydrogen-bond acceptors (Lipinski definition) is 6. The number of carboxylic acid groups (broad SMARTS) is 1. The van der Waals surface area contributed by atoms with Crippen LogP contribution in [-0.4, -0.2) is 50.5 Å². The summed E-state index contributed by atoms with van der Waals surface area (Å²) >= 11 is 6.23. The van der Waals surface area contributed by atoms with E-state index in [1.807, 2.05) is 0 Å². The Morgan fingerprint density at radius 2 is 2.32 bits per heavy atom. The Kier molecular flexibility index (Phi) is 3.91. The van der Waals surface area contributed by atoms with E-state index in [4.69, 9.17) is 17.0 Å². The Hall–Kier alpha value is -1.41. The zero-order valence-electron chi connectivity index (χ0n) is 9.99. The molecule has 19 heavy (non-hydrogen) atoms. The summed E-state index contributed by atoms with van der Waals surface area (Å²) in [5.74, 6) is -1.62. The van der Waals surface area contributed by atoms with Crippen LogP contribution in [0.25, 0.3) is 0 Å². The van der Waals surface area contributed by atoms with Gasteiger partial charge in [0, 0.05) is 23.6 Å². The van der Waals surface area contributed by atoms with Crippen molar-refractivity contribution in [1.82, 2.24) is 4.90 Å². The standard InChI is InChI=1S/C11H11NO5S2/c1-5(13)17-7(3-18)6-4-19-9-2-8(14)12(9)10(6)11(15)16/h3,7,9H,2,4H2,1H3,(H,15,16)/t7?,9-/m1/s1. The van der Waals surface area contributed by atoms with Gasteiger partial charge in [0.25, 0.3) is 0 Å². The number of β-lactam (4-membered cyclic amide) rings is 1. The molecular formula is C11H11NO5S2. The SMILES string of the molecule is CC(=O)OC(C=S)C1=C(C(=O)O)N2C(=O)C[C@H]2SC1. The molecule has 8 heteroatoms. The average Bonchev–Trinajstić information content (AvgIpc) is 2.33.